The molecule has 1 fully saturated rings. The van der Waals surface area contributed by atoms with Gasteiger partial charge in [-0.25, -0.2) is 8.42 Å². The van der Waals surface area contributed by atoms with Gasteiger partial charge in [0.05, 0.1) is 22.8 Å². The molecular formula is C15H19N3O4S. The Morgan fingerprint density at radius 3 is 2.57 bits per heavy atom. The Balaban J connectivity index is 1.80. The fourth-order valence-corrected chi connectivity index (χ4v) is 3.61. The van der Waals surface area contributed by atoms with E-state index in [1.165, 1.54) is 19.2 Å². The van der Waals surface area contributed by atoms with Crippen molar-refractivity contribution in [2.24, 2.45) is 5.73 Å². The molecule has 0 radical (unpaired) electrons. The monoisotopic (exact) mass is 337 g/mol. The molecule has 1 aliphatic carbocycles. The minimum atomic E-state index is -3.35. The van der Waals surface area contributed by atoms with Gasteiger partial charge in [-0.2, -0.15) is 4.98 Å². The third-order valence-corrected chi connectivity index (χ3v) is 5.83. The Kier molecular flexibility index (Phi) is 4.22. The fourth-order valence-electron chi connectivity index (χ4n) is 2.44. The molecule has 7 nitrogen and oxygen atoms in total. The quantitative estimate of drug-likeness (QED) is 0.850. The number of rotatable bonds is 6. The van der Waals surface area contributed by atoms with Crippen LogP contribution < -0.4 is 5.73 Å². The summed E-state index contributed by atoms with van der Waals surface area (Å²) >= 11 is 0. The molecule has 23 heavy (non-hydrogen) atoms. The molecule has 0 unspecified atom stereocenters. The van der Waals surface area contributed by atoms with Gasteiger partial charge in [0, 0.05) is 12.7 Å². The molecule has 3 rings (SSSR count). The second-order valence-corrected chi connectivity index (χ2v) is 7.88. The van der Waals surface area contributed by atoms with Crippen LogP contribution in [0.5, 0.6) is 0 Å². The van der Waals surface area contributed by atoms with Gasteiger partial charge in [0.25, 0.3) is 5.89 Å². The summed E-state index contributed by atoms with van der Waals surface area (Å²) in [6.45, 7) is 0.162. The van der Waals surface area contributed by atoms with Gasteiger partial charge in [0.15, 0.2) is 15.7 Å². The van der Waals surface area contributed by atoms with Crippen LogP contribution in [0.3, 0.4) is 0 Å². The van der Waals surface area contributed by atoms with Crippen molar-refractivity contribution in [3.05, 3.63) is 30.1 Å². The third-order valence-electron chi connectivity index (χ3n) is 4.13. The van der Waals surface area contributed by atoms with E-state index in [4.69, 9.17) is 15.0 Å². The lowest BCUT2D eigenvalue weighted by Crippen LogP contribution is -2.44. The first-order valence-electron chi connectivity index (χ1n) is 7.40. The zero-order valence-corrected chi connectivity index (χ0v) is 13.7. The predicted molar refractivity (Wildman–Crippen MR) is 83.4 cm³/mol. The molecule has 1 heterocycles. The molecule has 0 atom stereocenters. The number of nitrogens with zero attached hydrogens (tertiary/aromatic N) is 2. The number of sulfone groups is 1. The van der Waals surface area contributed by atoms with E-state index in [-0.39, 0.29) is 17.3 Å². The molecule has 124 valence electrons. The Hall–Kier alpha value is -1.77. The molecule has 0 spiro atoms. The van der Waals surface area contributed by atoms with Gasteiger partial charge >= 0.3 is 0 Å². The van der Waals surface area contributed by atoms with Crippen LogP contribution >= 0.6 is 0 Å². The molecule has 0 saturated heterocycles. The van der Waals surface area contributed by atoms with Gasteiger partial charge in [-0.15, -0.1) is 0 Å². The molecule has 0 amide bonds. The van der Waals surface area contributed by atoms with Gasteiger partial charge in [-0.3, -0.25) is 0 Å². The van der Waals surface area contributed by atoms with Crippen molar-refractivity contribution in [1.82, 2.24) is 10.1 Å². The van der Waals surface area contributed by atoms with E-state index in [1.54, 1.807) is 12.1 Å². The number of ether oxygens (including phenoxy) is 1. The smallest absolute Gasteiger partial charge is 0.257 e. The Bertz CT molecular complexity index is 779. The second kappa shape index (κ2) is 6.03. The highest BCUT2D eigenvalue weighted by atomic mass is 32.2. The summed E-state index contributed by atoms with van der Waals surface area (Å²) in [5, 5.41) is 3.95. The highest BCUT2D eigenvalue weighted by Gasteiger charge is 2.39. The normalized spacial score (nSPS) is 17.0. The van der Waals surface area contributed by atoms with Crippen LogP contribution in [-0.2, 0) is 20.1 Å². The number of hydrogen-bond donors (Lipinski definition) is 1. The molecule has 2 aromatic rings. The first-order chi connectivity index (χ1) is 10.9. The standard InChI is InChI=1S/C15H19N3O4S/c1-21-9-10-23(19,20)12-5-3-11(4-6-12)13-17-14(18-22-13)15(16)7-2-8-15/h3-6H,2,7-10,16H2,1H3. The van der Waals surface area contributed by atoms with Crippen molar-refractivity contribution in [2.45, 2.75) is 29.7 Å². The van der Waals surface area contributed by atoms with Crippen molar-refractivity contribution in [1.29, 1.82) is 0 Å². The van der Waals surface area contributed by atoms with Crippen LogP contribution in [0.25, 0.3) is 11.5 Å². The Labute approximate surface area is 134 Å². The van der Waals surface area contributed by atoms with Crippen LogP contribution in [0.4, 0.5) is 0 Å². The van der Waals surface area contributed by atoms with Crippen LogP contribution in [0.2, 0.25) is 0 Å². The lowest BCUT2D eigenvalue weighted by molar-refractivity contribution is 0.217. The molecule has 0 aliphatic heterocycles. The third kappa shape index (κ3) is 3.15. The molecule has 1 saturated carbocycles. The van der Waals surface area contributed by atoms with Crippen LogP contribution in [0.15, 0.2) is 33.7 Å². The SMILES string of the molecule is COCCS(=O)(=O)c1ccc(-c2nc(C3(N)CCC3)no2)cc1. The number of methoxy groups -OCH3 is 1. The summed E-state index contributed by atoms with van der Waals surface area (Å²) in [4.78, 5) is 4.59. The Morgan fingerprint density at radius 2 is 2.00 bits per heavy atom. The average molecular weight is 337 g/mol. The summed E-state index contributed by atoms with van der Waals surface area (Å²) in [6.07, 6.45) is 2.76. The fraction of sp³-hybridized carbons (Fsp3) is 0.467. The first-order valence-corrected chi connectivity index (χ1v) is 9.05. The van der Waals surface area contributed by atoms with Crippen molar-refractivity contribution >= 4 is 9.84 Å². The molecule has 1 aromatic heterocycles. The maximum absolute atomic E-state index is 12.1. The van der Waals surface area contributed by atoms with Crippen molar-refractivity contribution < 1.29 is 17.7 Å². The summed E-state index contributed by atoms with van der Waals surface area (Å²) in [7, 11) is -1.88. The predicted octanol–water partition coefficient (Wildman–Crippen LogP) is 1.49. The van der Waals surface area contributed by atoms with Crippen LogP contribution in [-0.4, -0.2) is 38.0 Å². The van der Waals surface area contributed by atoms with Gasteiger partial charge < -0.3 is 15.0 Å². The first kappa shape index (κ1) is 16.1. The van der Waals surface area contributed by atoms with Crippen LogP contribution in [0.1, 0.15) is 25.1 Å². The van der Waals surface area contributed by atoms with Gasteiger partial charge in [0.2, 0.25) is 0 Å². The van der Waals surface area contributed by atoms with E-state index in [1.807, 2.05) is 0 Å². The second-order valence-electron chi connectivity index (χ2n) is 5.77. The molecule has 1 aliphatic rings. The van der Waals surface area contributed by atoms with Gasteiger partial charge in [0.1, 0.15) is 0 Å². The topological polar surface area (TPSA) is 108 Å². The zero-order chi connectivity index (χ0) is 16.5. The maximum Gasteiger partial charge on any atom is 0.257 e. The molecule has 8 heteroatoms. The molecule has 1 aromatic carbocycles. The molecular weight excluding hydrogens is 318 g/mol. The summed E-state index contributed by atoms with van der Waals surface area (Å²) in [5.74, 6) is 0.802. The lowest BCUT2D eigenvalue weighted by atomic mass is 9.77. The number of nitrogens with two attached hydrogens (primary N) is 1. The number of hydrogen-bond acceptors (Lipinski definition) is 7. The van der Waals surface area contributed by atoms with Crippen molar-refractivity contribution in [3.8, 4) is 11.5 Å². The van der Waals surface area contributed by atoms with Crippen LogP contribution in [0, 0.1) is 0 Å². The van der Waals surface area contributed by atoms with E-state index in [9.17, 15) is 8.42 Å². The highest BCUT2D eigenvalue weighted by Crippen LogP contribution is 2.37. The zero-order valence-electron chi connectivity index (χ0n) is 12.9. The van der Waals surface area contributed by atoms with Gasteiger partial charge in [-0.1, -0.05) is 5.16 Å². The van der Waals surface area contributed by atoms with E-state index in [0.717, 1.165) is 19.3 Å². The van der Waals surface area contributed by atoms with E-state index in [2.05, 4.69) is 10.1 Å². The largest absolute Gasteiger partial charge is 0.384 e. The van der Waals surface area contributed by atoms with Crippen molar-refractivity contribution in [2.75, 3.05) is 19.5 Å². The van der Waals surface area contributed by atoms with E-state index < -0.39 is 15.4 Å². The summed E-state index contributed by atoms with van der Waals surface area (Å²) in [6, 6.07) is 6.37. The number of aromatic nitrogens is 2. The minimum absolute atomic E-state index is 0.0523. The maximum atomic E-state index is 12.1. The summed E-state index contributed by atoms with van der Waals surface area (Å²) in [5.41, 5.74) is 6.35. The summed E-state index contributed by atoms with van der Waals surface area (Å²) < 4.78 is 34.2. The number of benzene rings is 1. The Morgan fingerprint density at radius 1 is 1.30 bits per heavy atom. The lowest BCUT2D eigenvalue weighted by Gasteiger charge is -2.34. The van der Waals surface area contributed by atoms with E-state index >= 15 is 0 Å². The molecule has 0 bridgehead atoms. The molecule has 2 N–H and O–H groups in total. The minimum Gasteiger partial charge on any atom is -0.384 e. The highest BCUT2D eigenvalue weighted by molar-refractivity contribution is 7.91. The van der Waals surface area contributed by atoms with Crippen molar-refractivity contribution in [3.63, 3.8) is 0 Å². The average Bonchev–Trinajstić information content (AvgIpc) is 3.01. The van der Waals surface area contributed by atoms with E-state index in [0.29, 0.717) is 17.3 Å². The van der Waals surface area contributed by atoms with Gasteiger partial charge in [-0.05, 0) is 43.5 Å².